The van der Waals surface area contributed by atoms with Gasteiger partial charge in [0.05, 0.1) is 19.4 Å². The summed E-state index contributed by atoms with van der Waals surface area (Å²) in [6.07, 6.45) is 2.63. The summed E-state index contributed by atoms with van der Waals surface area (Å²) in [5.41, 5.74) is 8.58. The van der Waals surface area contributed by atoms with Gasteiger partial charge in [0.2, 0.25) is 5.91 Å². The number of benzene rings is 1. The molecule has 0 aromatic heterocycles. The van der Waals surface area contributed by atoms with Crippen LogP contribution in [0.1, 0.15) is 42.4 Å². The van der Waals surface area contributed by atoms with Crippen LogP contribution >= 0.6 is 0 Å². The van der Waals surface area contributed by atoms with Crippen molar-refractivity contribution in [2.24, 2.45) is 5.73 Å². The number of carbonyl (C=O) groups excluding carboxylic acids is 2. The fraction of sp³-hybridized carbons (Fsp3) is 0.467. The first-order valence-electron chi connectivity index (χ1n) is 6.65. The van der Waals surface area contributed by atoms with Gasteiger partial charge in [-0.25, -0.2) is 0 Å². The molecule has 0 bridgehead atoms. The van der Waals surface area contributed by atoms with E-state index >= 15 is 0 Å². The number of ether oxygens (including phenoxy) is 1. The second kappa shape index (κ2) is 5.87. The van der Waals surface area contributed by atoms with Gasteiger partial charge in [-0.15, -0.1) is 0 Å². The van der Waals surface area contributed by atoms with E-state index in [9.17, 15) is 9.59 Å². The second-order valence-corrected chi connectivity index (χ2v) is 4.92. The Labute approximate surface area is 112 Å². The van der Waals surface area contributed by atoms with Crippen molar-refractivity contribution in [2.45, 2.75) is 38.5 Å². The van der Waals surface area contributed by atoms with Gasteiger partial charge in [0.15, 0.2) is 0 Å². The fourth-order valence-electron chi connectivity index (χ4n) is 2.70. The quantitative estimate of drug-likeness (QED) is 0.820. The first-order valence-corrected chi connectivity index (χ1v) is 6.65. The van der Waals surface area contributed by atoms with Crippen molar-refractivity contribution < 1.29 is 14.3 Å². The van der Waals surface area contributed by atoms with E-state index in [1.54, 1.807) is 0 Å². The van der Waals surface area contributed by atoms with Gasteiger partial charge in [-0.05, 0) is 42.4 Å². The number of nitrogens with two attached hydrogens (primary N) is 1. The summed E-state index contributed by atoms with van der Waals surface area (Å²) in [5, 5.41) is 0. The van der Waals surface area contributed by atoms with Crippen molar-refractivity contribution in [3.8, 4) is 0 Å². The number of fused-ring (bicyclic) bond motifs is 1. The highest BCUT2D eigenvalue weighted by Gasteiger charge is 2.25. The maximum Gasteiger partial charge on any atom is 0.306 e. The zero-order valence-electron chi connectivity index (χ0n) is 11.1. The van der Waals surface area contributed by atoms with Crippen LogP contribution in [0.2, 0.25) is 0 Å². The Hall–Kier alpha value is -1.84. The lowest BCUT2D eigenvalue weighted by atomic mass is 9.96. The largest absolute Gasteiger partial charge is 0.466 e. The van der Waals surface area contributed by atoms with Crippen LogP contribution in [0.4, 0.5) is 0 Å². The van der Waals surface area contributed by atoms with E-state index in [-0.39, 0.29) is 24.2 Å². The Kier molecular flexibility index (Phi) is 4.20. The number of carbonyl (C=O) groups is 2. The van der Waals surface area contributed by atoms with E-state index in [0.29, 0.717) is 13.0 Å². The number of rotatable bonds is 5. The highest BCUT2D eigenvalue weighted by molar-refractivity contribution is 5.76. The van der Waals surface area contributed by atoms with Crippen molar-refractivity contribution in [1.29, 1.82) is 0 Å². The molecule has 0 heterocycles. The van der Waals surface area contributed by atoms with Crippen LogP contribution < -0.4 is 5.73 Å². The number of hydrogen-bond donors (Lipinski definition) is 1. The molecule has 2 N–H and O–H groups in total. The molecule has 1 atom stereocenters. The normalized spacial score (nSPS) is 17.0. The minimum absolute atomic E-state index is 0.137. The molecule has 1 amide bonds. The van der Waals surface area contributed by atoms with Crippen molar-refractivity contribution in [2.75, 3.05) is 6.61 Å². The molecule has 1 aliphatic carbocycles. The molecule has 0 spiro atoms. The van der Waals surface area contributed by atoms with Crippen LogP contribution in [0.15, 0.2) is 18.2 Å². The Morgan fingerprint density at radius 2 is 2.21 bits per heavy atom. The number of esters is 1. The summed E-state index contributed by atoms with van der Waals surface area (Å²) in [6, 6.07) is 5.98. The maximum atomic E-state index is 11.5. The molecular formula is C15H19NO3. The van der Waals surface area contributed by atoms with Gasteiger partial charge in [-0.1, -0.05) is 18.2 Å². The number of aryl methyl sites for hydroxylation is 1. The lowest BCUT2D eigenvalue weighted by Gasteiger charge is -2.11. The Balaban J connectivity index is 2.08. The molecule has 0 radical (unpaired) electrons. The Morgan fingerprint density at radius 1 is 1.42 bits per heavy atom. The topological polar surface area (TPSA) is 69.4 Å². The Bertz CT molecular complexity index is 496. The van der Waals surface area contributed by atoms with Crippen LogP contribution in [0.5, 0.6) is 0 Å². The zero-order chi connectivity index (χ0) is 13.8. The third-order valence-corrected chi connectivity index (χ3v) is 3.51. The van der Waals surface area contributed by atoms with E-state index in [1.807, 2.05) is 25.1 Å². The summed E-state index contributed by atoms with van der Waals surface area (Å²) in [5.74, 6) is -0.209. The third kappa shape index (κ3) is 3.34. The molecule has 1 aromatic rings. The van der Waals surface area contributed by atoms with Crippen molar-refractivity contribution in [3.05, 3.63) is 34.9 Å². The van der Waals surface area contributed by atoms with Gasteiger partial charge in [-0.3, -0.25) is 9.59 Å². The summed E-state index contributed by atoms with van der Waals surface area (Å²) in [7, 11) is 0. The Morgan fingerprint density at radius 3 is 2.89 bits per heavy atom. The maximum absolute atomic E-state index is 11.5. The smallest absolute Gasteiger partial charge is 0.306 e. The first kappa shape index (κ1) is 13.6. The van der Waals surface area contributed by atoms with Crippen LogP contribution in [-0.2, 0) is 27.2 Å². The summed E-state index contributed by atoms with van der Waals surface area (Å²) < 4.78 is 5.00. The van der Waals surface area contributed by atoms with E-state index in [2.05, 4.69) is 0 Å². The van der Waals surface area contributed by atoms with Gasteiger partial charge < -0.3 is 10.5 Å². The number of hydrogen-bond acceptors (Lipinski definition) is 3. The van der Waals surface area contributed by atoms with Crippen molar-refractivity contribution >= 4 is 11.9 Å². The van der Waals surface area contributed by atoms with Crippen LogP contribution in [0.3, 0.4) is 0 Å². The van der Waals surface area contributed by atoms with E-state index in [4.69, 9.17) is 10.5 Å². The average Bonchev–Trinajstić information content (AvgIpc) is 2.71. The molecule has 0 fully saturated rings. The van der Waals surface area contributed by atoms with Gasteiger partial charge in [0, 0.05) is 0 Å². The van der Waals surface area contributed by atoms with Gasteiger partial charge in [-0.2, -0.15) is 0 Å². The van der Waals surface area contributed by atoms with Crippen LogP contribution in [-0.4, -0.2) is 18.5 Å². The molecule has 2 rings (SSSR count). The van der Waals surface area contributed by atoms with E-state index < -0.39 is 0 Å². The molecule has 4 nitrogen and oxygen atoms in total. The lowest BCUT2D eigenvalue weighted by Crippen LogP contribution is -2.13. The molecule has 1 aliphatic rings. The first-order chi connectivity index (χ1) is 9.10. The average molecular weight is 261 g/mol. The van der Waals surface area contributed by atoms with E-state index in [0.717, 1.165) is 18.4 Å². The predicted octanol–water partition coefficient (Wildman–Crippen LogP) is 1.70. The predicted molar refractivity (Wildman–Crippen MR) is 71.7 cm³/mol. The SMILES string of the molecule is CCOC(=O)CC1CCc2cc(CC(N)=O)ccc21. The fourth-order valence-corrected chi connectivity index (χ4v) is 2.70. The third-order valence-electron chi connectivity index (χ3n) is 3.51. The minimum atomic E-state index is -0.318. The summed E-state index contributed by atoms with van der Waals surface area (Å²) in [6.45, 7) is 2.24. The highest BCUT2D eigenvalue weighted by Crippen LogP contribution is 2.36. The van der Waals surface area contributed by atoms with Crippen molar-refractivity contribution in [1.82, 2.24) is 0 Å². The lowest BCUT2D eigenvalue weighted by molar-refractivity contribution is -0.143. The van der Waals surface area contributed by atoms with Gasteiger partial charge in [0.25, 0.3) is 0 Å². The summed E-state index contributed by atoms with van der Waals surface area (Å²) in [4.78, 5) is 22.4. The molecule has 0 aliphatic heterocycles. The molecular weight excluding hydrogens is 242 g/mol. The zero-order valence-corrected chi connectivity index (χ0v) is 11.1. The molecule has 1 aromatic carbocycles. The van der Waals surface area contributed by atoms with Crippen LogP contribution in [0.25, 0.3) is 0 Å². The number of amides is 1. The molecule has 19 heavy (non-hydrogen) atoms. The van der Waals surface area contributed by atoms with Gasteiger partial charge >= 0.3 is 5.97 Å². The molecule has 0 saturated carbocycles. The molecule has 1 unspecified atom stereocenters. The highest BCUT2D eigenvalue weighted by atomic mass is 16.5. The second-order valence-electron chi connectivity index (χ2n) is 4.92. The monoisotopic (exact) mass is 261 g/mol. The molecule has 4 heteroatoms. The van der Waals surface area contributed by atoms with Crippen LogP contribution in [0, 0.1) is 0 Å². The minimum Gasteiger partial charge on any atom is -0.466 e. The molecule has 102 valence electrons. The molecule has 0 saturated heterocycles. The van der Waals surface area contributed by atoms with Crippen molar-refractivity contribution in [3.63, 3.8) is 0 Å². The number of primary amides is 1. The van der Waals surface area contributed by atoms with Gasteiger partial charge in [0.1, 0.15) is 0 Å². The van der Waals surface area contributed by atoms with E-state index in [1.165, 1.54) is 11.1 Å². The standard InChI is InChI=1S/C15H19NO3/c1-2-19-15(18)9-12-5-4-11-7-10(8-14(16)17)3-6-13(11)12/h3,6-7,12H,2,4-5,8-9H2,1H3,(H2,16,17). The summed E-state index contributed by atoms with van der Waals surface area (Å²) >= 11 is 0.